The van der Waals surface area contributed by atoms with Gasteiger partial charge in [-0.3, -0.25) is 0 Å². The van der Waals surface area contributed by atoms with E-state index in [9.17, 15) is 0 Å². The van der Waals surface area contributed by atoms with Gasteiger partial charge in [0.25, 0.3) is 0 Å². The third kappa shape index (κ3) is 6.07. The van der Waals surface area contributed by atoms with Crippen molar-refractivity contribution in [1.82, 2.24) is 9.97 Å². The average Bonchev–Trinajstić information content (AvgIpc) is 4.10. The number of oxazole rings is 2. The maximum absolute atomic E-state index is 6.29. The van der Waals surface area contributed by atoms with Crippen LogP contribution in [0.5, 0.6) is 0 Å². The Balaban J connectivity index is 0.804. The number of anilines is 6. The first kappa shape index (κ1) is 41.5. The lowest BCUT2D eigenvalue weighted by Gasteiger charge is -2.42. The van der Waals surface area contributed by atoms with E-state index >= 15 is 0 Å². The molecule has 0 radical (unpaired) electrons. The monoisotopic (exact) mass is 918 g/mol. The van der Waals surface area contributed by atoms with Crippen molar-refractivity contribution in [3.8, 4) is 45.2 Å². The summed E-state index contributed by atoms with van der Waals surface area (Å²) in [4.78, 5) is 14.6. The molecule has 1 aliphatic carbocycles. The molecule has 0 amide bonds. The van der Waals surface area contributed by atoms with Crippen molar-refractivity contribution >= 4 is 56.3 Å². The number of fused-ring (bicyclic) bond motifs is 9. The number of benzene rings is 9. The van der Waals surface area contributed by atoms with Gasteiger partial charge in [-0.05, 0) is 159 Å². The summed E-state index contributed by atoms with van der Waals surface area (Å²) >= 11 is 0. The quantitative estimate of drug-likeness (QED) is 0.171. The maximum Gasteiger partial charge on any atom is 0.227 e. The van der Waals surface area contributed by atoms with Gasteiger partial charge in [0.1, 0.15) is 11.0 Å². The highest BCUT2D eigenvalue weighted by molar-refractivity contribution is 5.92. The fourth-order valence-corrected chi connectivity index (χ4v) is 12.1. The van der Waals surface area contributed by atoms with Crippen molar-refractivity contribution in [2.24, 2.45) is 0 Å². The lowest BCUT2D eigenvalue weighted by molar-refractivity contribution is 0.615. The molecule has 6 heteroatoms. The van der Waals surface area contributed by atoms with Crippen LogP contribution < -0.4 is 9.80 Å². The van der Waals surface area contributed by atoms with Crippen LogP contribution in [-0.4, -0.2) is 9.97 Å². The number of para-hydroxylation sites is 6. The average molecular weight is 919 g/mol. The molecule has 342 valence electrons. The molecule has 2 aromatic heterocycles. The Morgan fingerprint density at radius 2 is 0.718 bits per heavy atom. The first-order valence-corrected chi connectivity index (χ1v) is 24.6. The lowest BCUT2D eigenvalue weighted by Crippen LogP contribution is -2.30. The molecule has 6 nitrogen and oxygen atoms in total. The van der Waals surface area contributed by atoms with Crippen LogP contribution in [-0.2, 0) is 16.2 Å². The summed E-state index contributed by atoms with van der Waals surface area (Å²) in [5.41, 5.74) is 24.1. The van der Waals surface area contributed by atoms with Gasteiger partial charge in [-0.1, -0.05) is 133 Å². The third-order valence-electron chi connectivity index (χ3n) is 15.9. The topological polar surface area (TPSA) is 58.5 Å². The Hall–Kier alpha value is -8.48. The SMILES string of the molecule is CC1(C)c2cc(-c3ccc(N4c5ccccc5C(C)(C)c5cc(-c6nc7ccccc7o6)ccc54)cc3)ccc2-c2ccc(N3c4ccccc4C(C)(C)c4cc(-c5nc6ccccc6o5)ccc43)cc21. The van der Waals surface area contributed by atoms with Crippen LogP contribution in [0.15, 0.2) is 203 Å². The standard InChI is InChI=1S/C65H50N4O2/c1-63(2)47-15-7-11-19-55(47)68(57-33-26-41(36-51(57)63)61-66-53-17-9-13-21-59(53)70-61)43-28-23-39(24-29-43)40-25-31-45-46-32-30-44(38-50(46)65(5,6)49(45)35-40)69-56-20-12-8-16-48(56)64(3,4)52-37-42(27-34-58(52)69)62-67-54-18-10-14-22-60(54)71-62/h7-38H,1-6H3. The largest absolute Gasteiger partial charge is 0.436 e. The molecular formula is C65H50N4O2. The van der Waals surface area contributed by atoms with Crippen molar-refractivity contribution in [2.75, 3.05) is 9.80 Å². The van der Waals surface area contributed by atoms with E-state index in [2.05, 4.69) is 197 Å². The van der Waals surface area contributed by atoms with Crippen LogP contribution in [0.2, 0.25) is 0 Å². The summed E-state index contributed by atoms with van der Waals surface area (Å²) in [5, 5.41) is 0. The third-order valence-corrected chi connectivity index (χ3v) is 15.9. The van der Waals surface area contributed by atoms with Gasteiger partial charge in [-0.15, -0.1) is 0 Å². The summed E-state index contributed by atoms with van der Waals surface area (Å²) in [6, 6.07) is 70.2. The van der Waals surface area contributed by atoms with Gasteiger partial charge in [-0.25, -0.2) is 9.97 Å². The Labute approximate surface area is 413 Å². The molecule has 0 unspecified atom stereocenters. The van der Waals surface area contributed by atoms with Crippen LogP contribution in [0.1, 0.15) is 74.9 Å². The minimum Gasteiger partial charge on any atom is -0.436 e. The van der Waals surface area contributed by atoms with Crippen LogP contribution in [0.25, 0.3) is 67.4 Å². The zero-order valence-corrected chi connectivity index (χ0v) is 40.6. The molecule has 4 heterocycles. The van der Waals surface area contributed by atoms with Crippen molar-refractivity contribution in [3.05, 3.63) is 228 Å². The molecule has 0 bridgehead atoms. The van der Waals surface area contributed by atoms with Crippen molar-refractivity contribution in [2.45, 2.75) is 57.8 Å². The highest BCUT2D eigenvalue weighted by Gasteiger charge is 2.41. The molecule has 2 aliphatic heterocycles. The summed E-state index contributed by atoms with van der Waals surface area (Å²) in [6.45, 7) is 14.1. The van der Waals surface area contributed by atoms with Gasteiger partial charge < -0.3 is 18.6 Å². The van der Waals surface area contributed by atoms with Crippen molar-refractivity contribution in [3.63, 3.8) is 0 Å². The molecule has 0 atom stereocenters. The summed E-state index contributed by atoms with van der Waals surface area (Å²) in [5.74, 6) is 1.27. The summed E-state index contributed by atoms with van der Waals surface area (Å²) < 4.78 is 12.5. The second-order valence-corrected chi connectivity index (χ2v) is 21.1. The van der Waals surface area contributed by atoms with Crippen LogP contribution >= 0.6 is 0 Å². The van der Waals surface area contributed by atoms with Crippen LogP contribution in [0, 0.1) is 0 Å². The number of hydrogen-bond acceptors (Lipinski definition) is 6. The Bertz CT molecular complexity index is 3940. The first-order valence-electron chi connectivity index (χ1n) is 24.6. The highest BCUT2D eigenvalue weighted by atomic mass is 16.4. The van der Waals surface area contributed by atoms with Gasteiger partial charge in [0.05, 0.1) is 22.7 Å². The van der Waals surface area contributed by atoms with Gasteiger partial charge in [0.2, 0.25) is 11.8 Å². The molecule has 0 spiro atoms. The fraction of sp³-hybridized carbons (Fsp3) is 0.138. The van der Waals surface area contributed by atoms with Gasteiger partial charge >= 0.3 is 0 Å². The molecule has 0 saturated heterocycles. The van der Waals surface area contributed by atoms with Crippen LogP contribution in [0.4, 0.5) is 34.1 Å². The molecule has 14 rings (SSSR count). The lowest BCUT2D eigenvalue weighted by atomic mass is 9.73. The van der Waals surface area contributed by atoms with Crippen LogP contribution in [0.3, 0.4) is 0 Å². The fourth-order valence-electron chi connectivity index (χ4n) is 12.1. The van der Waals surface area contributed by atoms with E-state index in [4.69, 9.17) is 18.8 Å². The molecule has 71 heavy (non-hydrogen) atoms. The van der Waals surface area contributed by atoms with E-state index in [1.807, 2.05) is 48.5 Å². The molecule has 0 saturated carbocycles. The van der Waals surface area contributed by atoms with Gasteiger partial charge in [0.15, 0.2) is 11.2 Å². The molecule has 3 aliphatic rings. The van der Waals surface area contributed by atoms with Gasteiger partial charge in [-0.2, -0.15) is 0 Å². The van der Waals surface area contributed by atoms with E-state index < -0.39 is 0 Å². The predicted octanol–water partition coefficient (Wildman–Crippen LogP) is 17.5. The molecule has 0 fully saturated rings. The van der Waals surface area contributed by atoms with E-state index in [0.29, 0.717) is 11.8 Å². The second kappa shape index (κ2) is 14.8. The Morgan fingerprint density at radius 3 is 1.27 bits per heavy atom. The second-order valence-electron chi connectivity index (χ2n) is 21.1. The summed E-state index contributed by atoms with van der Waals surface area (Å²) in [6.07, 6.45) is 0. The first-order chi connectivity index (χ1) is 34.4. The molecule has 9 aromatic carbocycles. The Kier molecular flexibility index (Phi) is 8.63. The van der Waals surface area contributed by atoms with E-state index in [0.717, 1.165) is 56.1 Å². The predicted molar refractivity (Wildman–Crippen MR) is 289 cm³/mol. The summed E-state index contributed by atoms with van der Waals surface area (Å²) in [7, 11) is 0. The minimum absolute atomic E-state index is 0.240. The molecule has 0 N–H and O–H groups in total. The number of hydrogen-bond donors (Lipinski definition) is 0. The van der Waals surface area contributed by atoms with Crippen molar-refractivity contribution < 1.29 is 8.83 Å². The number of nitrogens with zero attached hydrogens (tertiary/aromatic N) is 4. The van der Waals surface area contributed by atoms with Crippen molar-refractivity contribution in [1.29, 1.82) is 0 Å². The zero-order chi connectivity index (χ0) is 48.0. The number of aromatic nitrogens is 2. The van der Waals surface area contributed by atoms with E-state index in [1.165, 1.54) is 67.0 Å². The maximum atomic E-state index is 6.29. The molecule has 11 aromatic rings. The highest BCUT2D eigenvalue weighted by Crippen LogP contribution is 2.57. The zero-order valence-electron chi connectivity index (χ0n) is 40.6. The van der Waals surface area contributed by atoms with E-state index in [-0.39, 0.29) is 16.2 Å². The minimum atomic E-state index is -0.260. The van der Waals surface area contributed by atoms with E-state index in [1.54, 1.807) is 0 Å². The molecular weight excluding hydrogens is 869 g/mol. The smallest absolute Gasteiger partial charge is 0.227 e. The normalized spacial score (nSPS) is 15.5. The number of rotatable bonds is 5. The Morgan fingerprint density at radius 1 is 0.324 bits per heavy atom. The van der Waals surface area contributed by atoms with Gasteiger partial charge in [0, 0.05) is 38.7 Å².